The van der Waals surface area contributed by atoms with E-state index in [-0.39, 0.29) is 6.10 Å². The van der Waals surface area contributed by atoms with Gasteiger partial charge in [-0.25, -0.2) is 0 Å². The van der Waals surface area contributed by atoms with Crippen molar-refractivity contribution in [3.63, 3.8) is 0 Å². The van der Waals surface area contributed by atoms with E-state index in [9.17, 15) is 5.11 Å². The summed E-state index contributed by atoms with van der Waals surface area (Å²) in [5.41, 5.74) is -0.476. The highest BCUT2D eigenvalue weighted by Crippen LogP contribution is 2.37. The summed E-state index contributed by atoms with van der Waals surface area (Å²) < 4.78 is 5.71. The van der Waals surface area contributed by atoms with Crippen molar-refractivity contribution < 1.29 is 9.84 Å². The molecule has 1 fully saturated rings. The monoisotopic (exact) mass is 214 g/mol. The van der Waals surface area contributed by atoms with Crippen molar-refractivity contribution >= 4 is 0 Å². The molecule has 2 nitrogen and oxygen atoms in total. The summed E-state index contributed by atoms with van der Waals surface area (Å²) in [4.78, 5) is 0. The third-order valence-electron chi connectivity index (χ3n) is 3.91. The molecule has 0 aromatic heterocycles. The van der Waals surface area contributed by atoms with E-state index in [1.54, 1.807) is 0 Å². The molecule has 0 spiro atoms. The normalized spacial score (nSPS) is 32.6. The molecular formula is C13H26O2. The van der Waals surface area contributed by atoms with Crippen LogP contribution in [-0.4, -0.2) is 23.4 Å². The molecule has 15 heavy (non-hydrogen) atoms. The van der Waals surface area contributed by atoms with Gasteiger partial charge in [0.2, 0.25) is 0 Å². The van der Waals surface area contributed by atoms with Crippen molar-refractivity contribution in [3.8, 4) is 0 Å². The lowest BCUT2D eigenvalue weighted by Gasteiger charge is -2.43. The average molecular weight is 214 g/mol. The van der Waals surface area contributed by atoms with E-state index in [2.05, 4.69) is 27.7 Å². The molecule has 90 valence electrons. The minimum atomic E-state index is -0.476. The SMILES string of the molecule is CCC(CC)C1(O)CCOC(C(C)C)C1. The Morgan fingerprint density at radius 2 is 1.93 bits per heavy atom. The van der Waals surface area contributed by atoms with Crippen LogP contribution in [0.1, 0.15) is 53.4 Å². The predicted octanol–water partition coefficient (Wildman–Crippen LogP) is 2.99. The van der Waals surface area contributed by atoms with Crippen LogP contribution in [0.5, 0.6) is 0 Å². The first-order valence-electron chi connectivity index (χ1n) is 6.37. The largest absolute Gasteiger partial charge is 0.389 e. The van der Waals surface area contributed by atoms with Gasteiger partial charge < -0.3 is 9.84 Å². The van der Waals surface area contributed by atoms with E-state index in [0.29, 0.717) is 11.8 Å². The lowest BCUT2D eigenvalue weighted by Crippen LogP contribution is -2.47. The molecule has 0 amide bonds. The Morgan fingerprint density at radius 3 is 2.40 bits per heavy atom. The standard InChI is InChI=1S/C13H26O2/c1-5-11(6-2)13(14)7-8-15-12(9-13)10(3)4/h10-12,14H,5-9H2,1-4H3. The molecule has 0 aromatic carbocycles. The molecule has 2 heteroatoms. The molecule has 0 saturated carbocycles. The second kappa shape index (κ2) is 5.31. The Hall–Kier alpha value is -0.0800. The highest BCUT2D eigenvalue weighted by Gasteiger charge is 2.40. The Bertz CT molecular complexity index is 187. The average Bonchev–Trinajstić information content (AvgIpc) is 2.19. The first kappa shape index (κ1) is 13.0. The van der Waals surface area contributed by atoms with Crippen molar-refractivity contribution in [1.29, 1.82) is 0 Å². The molecule has 1 heterocycles. The van der Waals surface area contributed by atoms with Crippen molar-refractivity contribution in [1.82, 2.24) is 0 Å². The van der Waals surface area contributed by atoms with Crippen molar-refractivity contribution in [2.45, 2.75) is 65.1 Å². The third kappa shape index (κ3) is 2.94. The molecule has 1 N–H and O–H groups in total. The molecule has 2 atom stereocenters. The van der Waals surface area contributed by atoms with Crippen LogP contribution in [0.25, 0.3) is 0 Å². The quantitative estimate of drug-likeness (QED) is 0.779. The summed E-state index contributed by atoms with van der Waals surface area (Å²) in [6.45, 7) is 9.40. The first-order valence-corrected chi connectivity index (χ1v) is 6.37. The highest BCUT2D eigenvalue weighted by atomic mass is 16.5. The van der Waals surface area contributed by atoms with Gasteiger partial charge in [0.1, 0.15) is 0 Å². The van der Waals surface area contributed by atoms with Gasteiger partial charge in [-0.3, -0.25) is 0 Å². The minimum Gasteiger partial charge on any atom is -0.389 e. The summed E-state index contributed by atoms with van der Waals surface area (Å²) in [7, 11) is 0. The maximum Gasteiger partial charge on any atom is 0.0722 e. The molecule has 2 unspecified atom stereocenters. The first-order chi connectivity index (χ1) is 7.03. The zero-order chi connectivity index (χ0) is 11.5. The van der Waals surface area contributed by atoms with Gasteiger partial charge >= 0.3 is 0 Å². The van der Waals surface area contributed by atoms with Gasteiger partial charge in [0.25, 0.3) is 0 Å². The fourth-order valence-corrected chi connectivity index (χ4v) is 2.74. The van der Waals surface area contributed by atoms with E-state index < -0.39 is 5.60 Å². The highest BCUT2D eigenvalue weighted by molar-refractivity contribution is 4.91. The Balaban J connectivity index is 2.66. The fourth-order valence-electron chi connectivity index (χ4n) is 2.74. The van der Waals surface area contributed by atoms with E-state index in [0.717, 1.165) is 32.3 Å². The van der Waals surface area contributed by atoms with E-state index in [1.807, 2.05) is 0 Å². The summed E-state index contributed by atoms with van der Waals surface area (Å²) in [6, 6.07) is 0. The van der Waals surface area contributed by atoms with Crippen LogP contribution in [-0.2, 0) is 4.74 Å². The number of ether oxygens (including phenoxy) is 1. The Kier molecular flexibility index (Phi) is 4.60. The number of aliphatic hydroxyl groups is 1. The molecule has 0 bridgehead atoms. The van der Waals surface area contributed by atoms with Crippen LogP contribution in [0.15, 0.2) is 0 Å². The van der Waals surface area contributed by atoms with Crippen molar-refractivity contribution in [3.05, 3.63) is 0 Å². The van der Waals surface area contributed by atoms with E-state index in [4.69, 9.17) is 4.74 Å². The van der Waals surface area contributed by atoms with Gasteiger partial charge in [0, 0.05) is 13.0 Å². The van der Waals surface area contributed by atoms with E-state index >= 15 is 0 Å². The van der Waals surface area contributed by atoms with Gasteiger partial charge in [0.05, 0.1) is 11.7 Å². The second-order valence-corrected chi connectivity index (χ2v) is 5.22. The summed E-state index contributed by atoms with van der Waals surface area (Å²) in [5, 5.41) is 10.7. The van der Waals surface area contributed by atoms with Gasteiger partial charge in [-0.05, 0) is 18.3 Å². The van der Waals surface area contributed by atoms with Crippen LogP contribution in [0.3, 0.4) is 0 Å². The lowest BCUT2D eigenvalue weighted by atomic mass is 9.75. The molecular weight excluding hydrogens is 188 g/mol. The lowest BCUT2D eigenvalue weighted by molar-refractivity contribution is -0.143. The maximum atomic E-state index is 10.7. The number of hydrogen-bond donors (Lipinski definition) is 1. The molecule has 0 aromatic rings. The van der Waals surface area contributed by atoms with Gasteiger partial charge in [-0.1, -0.05) is 40.5 Å². The zero-order valence-electron chi connectivity index (χ0n) is 10.6. The Labute approximate surface area is 94.0 Å². The van der Waals surface area contributed by atoms with Crippen LogP contribution < -0.4 is 0 Å². The van der Waals surface area contributed by atoms with E-state index in [1.165, 1.54) is 0 Å². The van der Waals surface area contributed by atoms with Crippen LogP contribution in [0, 0.1) is 11.8 Å². The molecule has 1 saturated heterocycles. The number of rotatable bonds is 4. The Morgan fingerprint density at radius 1 is 1.33 bits per heavy atom. The predicted molar refractivity (Wildman–Crippen MR) is 62.8 cm³/mol. The van der Waals surface area contributed by atoms with Crippen molar-refractivity contribution in [2.24, 2.45) is 11.8 Å². The number of hydrogen-bond acceptors (Lipinski definition) is 2. The summed E-state index contributed by atoms with van der Waals surface area (Å²) in [6.07, 6.45) is 4.00. The van der Waals surface area contributed by atoms with Gasteiger partial charge in [-0.15, -0.1) is 0 Å². The second-order valence-electron chi connectivity index (χ2n) is 5.22. The molecule has 1 aliphatic heterocycles. The zero-order valence-corrected chi connectivity index (χ0v) is 10.6. The van der Waals surface area contributed by atoms with Gasteiger partial charge in [0.15, 0.2) is 0 Å². The van der Waals surface area contributed by atoms with Crippen molar-refractivity contribution in [2.75, 3.05) is 6.61 Å². The molecule has 0 radical (unpaired) electrons. The smallest absolute Gasteiger partial charge is 0.0722 e. The fraction of sp³-hybridized carbons (Fsp3) is 1.00. The third-order valence-corrected chi connectivity index (χ3v) is 3.91. The van der Waals surface area contributed by atoms with Gasteiger partial charge in [-0.2, -0.15) is 0 Å². The molecule has 1 rings (SSSR count). The molecule has 0 aliphatic carbocycles. The van der Waals surface area contributed by atoms with Crippen LogP contribution in [0.4, 0.5) is 0 Å². The summed E-state index contributed by atoms with van der Waals surface area (Å²) in [5.74, 6) is 0.939. The van der Waals surface area contributed by atoms with Crippen LogP contribution in [0.2, 0.25) is 0 Å². The summed E-state index contributed by atoms with van der Waals surface area (Å²) >= 11 is 0. The topological polar surface area (TPSA) is 29.5 Å². The minimum absolute atomic E-state index is 0.240. The van der Waals surface area contributed by atoms with Crippen LogP contribution >= 0.6 is 0 Å². The maximum absolute atomic E-state index is 10.7. The molecule has 1 aliphatic rings.